The van der Waals surface area contributed by atoms with Crippen molar-refractivity contribution in [2.75, 3.05) is 0 Å². The van der Waals surface area contributed by atoms with Gasteiger partial charge < -0.3 is 14.6 Å². The molecule has 0 N–H and O–H groups in total. The minimum atomic E-state index is -0.513. The molecule has 0 amide bonds. The van der Waals surface area contributed by atoms with Gasteiger partial charge in [-0.15, -0.1) is 11.3 Å². The van der Waals surface area contributed by atoms with Crippen molar-refractivity contribution in [2.24, 2.45) is 0 Å². The summed E-state index contributed by atoms with van der Waals surface area (Å²) in [4.78, 5) is 15.6. The molecule has 0 aliphatic heterocycles. The van der Waals surface area contributed by atoms with E-state index >= 15 is 0 Å². The summed E-state index contributed by atoms with van der Waals surface area (Å²) in [6.45, 7) is 3.70. The van der Waals surface area contributed by atoms with Gasteiger partial charge in [0.25, 0.3) is 5.89 Å². The molecule has 3 aromatic heterocycles. The predicted molar refractivity (Wildman–Crippen MR) is 79.7 cm³/mol. The highest BCUT2D eigenvalue weighted by Crippen LogP contribution is 2.27. The Morgan fingerprint density at radius 3 is 2.95 bits per heavy atom. The van der Waals surface area contributed by atoms with Crippen LogP contribution in [-0.4, -0.2) is 24.8 Å². The van der Waals surface area contributed by atoms with Gasteiger partial charge >= 0.3 is 5.82 Å². The van der Waals surface area contributed by atoms with Crippen LogP contribution in [0.1, 0.15) is 31.0 Å². The first kappa shape index (κ1) is 14.4. The van der Waals surface area contributed by atoms with E-state index in [9.17, 15) is 10.1 Å². The highest BCUT2D eigenvalue weighted by atomic mass is 32.1. The molecule has 3 heterocycles. The van der Waals surface area contributed by atoms with Gasteiger partial charge in [0.1, 0.15) is 0 Å². The smallest absolute Gasteiger partial charge is 0.358 e. The fourth-order valence-electron chi connectivity index (χ4n) is 2.20. The largest absolute Gasteiger partial charge is 0.390 e. The number of thiophene rings is 1. The molecular weight excluding hydrogens is 306 g/mol. The molecule has 3 rings (SSSR count). The van der Waals surface area contributed by atoms with Gasteiger partial charge in [-0.2, -0.15) is 9.67 Å². The van der Waals surface area contributed by atoms with Crippen molar-refractivity contribution in [3.63, 3.8) is 0 Å². The summed E-state index contributed by atoms with van der Waals surface area (Å²) < 4.78 is 6.89. The number of rotatable bonds is 5. The second kappa shape index (κ2) is 5.68. The minimum absolute atomic E-state index is 0.186. The molecule has 1 unspecified atom stereocenters. The summed E-state index contributed by atoms with van der Waals surface area (Å²) in [6.07, 6.45) is 0.631. The first-order valence-electron chi connectivity index (χ1n) is 6.68. The van der Waals surface area contributed by atoms with Gasteiger partial charge in [0.2, 0.25) is 5.82 Å². The fourth-order valence-corrected chi connectivity index (χ4v) is 2.85. The summed E-state index contributed by atoms with van der Waals surface area (Å²) in [7, 11) is 0. The maximum Gasteiger partial charge on any atom is 0.390 e. The van der Waals surface area contributed by atoms with Crippen LogP contribution < -0.4 is 0 Å². The number of hydrogen-bond acceptors (Lipinski definition) is 7. The molecule has 0 saturated heterocycles. The van der Waals surface area contributed by atoms with Gasteiger partial charge in [-0.3, -0.25) is 0 Å². The molecule has 22 heavy (non-hydrogen) atoms. The Balaban J connectivity index is 1.96. The van der Waals surface area contributed by atoms with E-state index in [2.05, 4.69) is 15.2 Å². The maximum absolute atomic E-state index is 10.9. The Morgan fingerprint density at radius 2 is 2.36 bits per heavy atom. The molecule has 0 fully saturated rings. The molecule has 0 radical (unpaired) electrons. The topological polar surface area (TPSA) is 99.9 Å². The average molecular weight is 319 g/mol. The zero-order valence-electron chi connectivity index (χ0n) is 12.0. The molecule has 0 aromatic carbocycles. The van der Waals surface area contributed by atoms with E-state index in [1.54, 1.807) is 11.6 Å². The van der Waals surface area contributed by atoms with Gasteiger partial charge in [0, 0.05) is 0 Å². The van der Waals surface area contributed by atoms with E-state index in [0.29, 0.717) is 23.8 Å². The Bertz CT molecular complexity index is 793. The van der Waals surface area contributed by atoms with Crippen molar-refractivity contribution in [3.8, 4) is 10.7 Å². The number of nitrogens with zero attached hydrogens (tertiary/aromatic N) is 5. The van der Waals surface area contributed by atoms with Crippen molar-refractivity contribution >= 4 is 17.2 Å². The zero-order valence-corrected chi connectivity index (χ0v) is 12.8. The Labute approximate surface area is 129 Å². The molecular formula is C13H13N5O3S. The average Bonchev–Trinajstić information content (AvgIpc) is 3.20. The lowest BCUT2D eigenvalue weighted by Gasteiger charge is -2.08. The summed E-state index contributed by atoms with van der Waals surface area (Å²) in [5.74, 6) is 0.726. The molecule has 0 bridgehead atoms. The summed E-state index contributed by atoms with van der Waals surface area (Å²) in [6, 6.07) is 4.92. The Hall–Kier alpha value is -2.55. The standard InChI is InChI=1S/C13H13N5O3S/c1-3-9(17-8(2)7-11(15-17)18(19)20)13-14-12(16-21-13)10-5-4-6-22-10/h4-7,9H,3H2,1-2H3. The lowest BCUT2D eigenvalue weighted by Crippen LogP contribution is -2.13. The molecule has 0 aliphatic carbocycles. The van der Waals surface area contributed by atoms with Crippen LogP contribution in [0, 0.1) is 17.0 Å². The van der Waals surface area contributed by atoms with Crippen molar-refractivity contribution < 1.29 is 9.45 Å². The molecule has 0 spiro atoms. The van der Waals surface area contributed by atoms with Gasteiger partial charge in [-0.1, -0.05) is 18.1 Å². The minimum Gasteiger partial charge on any atom is -0.358 e. The first-order valence-corrected chi connectivity index (χ1v) is 7.56. The van der Waals surface area contributed by atoms with Crippen LogP contribution in [-0.2, 0) is 0 Å². The van der Waals surface area contributed by atoms with E-state index < -0.39 is 4.92 Å². The molecule has 114 valence electrons. The molecule has 8 nitrogen and oxygen atoms in total. The summed E-state index contributed by atoms with van der Waals surface area (Å²) in [5.41, 5.74) is 0.675. The Kier molecular flexibility index (Phi) is 3.72. The van der Waals surface area contributed by atoms with Crippen LogP contribution >= 0.6 is 11.3 Å². The predicted octanol–water partition coefficient (Wildman–Crippen LogP) is 3.21. The molecule has 9 heteroatoms. The monoisotopic (exact) mass is 319 g/mol. The number of nitro groups is 1. The van der Waals surface area contributed by atoms with Crippen molar-refractivity contribution in [1.82, 2.24) is 19.9 Å². The SMILES string of the molecule is CCC(c1nc(-c2cccs2)no1)n1nc([N+](=O)[O-])cc1C. The van der Waals surface area contributed by atoms with Crippen LogP contribution in [0.15, 0.2) is 28.1 Å². The second-order valence-corrected chi connectivity index (χ2v) is 5.65. The first-order chi connectivity index (χ1) is 10.6. The van der Waals surface area contributed by atoms with Gasteiger partial charge in [-0.25, -0.2) is 0 Å². The third kappa shape index (κ3) is 2.50. The normalized spacial score (nSPS) is 12.5. The van der Waals surface area contributed by atoms with Crippen LogP contribution in [0.4, 0.5) is 5.82 Å². The van der Waals surface area contributed by atoms with E-state index in [1.165, 1.54) is 17.4 Å². The zero-order chi connectivity index (χ0) is 15.7. The Morgan fingerprint density at radius 1 is 1.55 bits per heavy atom. The molecule has 3 aromatic rings. The van der Waals surface area contributed by atoms with Crippen molar-refractivity contribution in [2.45, 2.75) is 26.3 Å². The summed E-state index contributed by atoms with van der Waals surface area (Å²) >= 11 is 1.52. The third-order valence-electron chi connectivity index (χ3n) is 3.25. The van der Waals surface area contributed by atoms with E-state index in [-0.39, 0.29) is 11.9 Å². The van der Waals surface area contributed by atoms with Crippen LogP contribution in [0.3, 0.4) is 0 Å². The van der Waals surface area contributed by atoms with Crippen molar-refractivity contribution in [3.05, 3.63) is 45.3 Å². The van der Waals surface area contributed by atoms with Crippen LogP contribution in [0.5, 0.6) is 0 Å². The third-order valence-corrected chi connectivity index (χ3v) is 4.11. The van der Waals surface area contributed by atoms with E-state index in [0.717, 1.165) is 4.88 Å². The number of aryl methyl sites for hydroxylation is 1. The highest BCUT2D eigenvalue weighted by Gasteiger charge is 2.27. The lowest BCUT2D eigenvalue weighted by atomic mass is 10.2. The van der Waals surface area contributed by atoms with E-state index in [1.807, 2.05) is 24.4 Å². The summed E-state index contributed by atoms with van der Waals surface area (Å²) in [5, 5.41) is 20.8. The fraction of sp³-hybridized carbons (Fsp3) is 0.308. The van der Waals surface area contributed by atoms with Gasteiger partial charge in [-0.05, 0) is 29.7 Å². The van der Waals surface area contributed by atoms with Gasteiger partial charge in [0.05, 0.1) is 21.7 Å². The number of aromatic nitrogens is 4. The maximum atomic E-state index is 10.9. The van der Waals surface area contributed by atoms with Crippen LogP contribution in [0.2, 0.25) is 0 Å². The van der Waals surface area contributed by atoms with Crippen LogP contribution in [0.25, 0.3) is 10.7 Å². The number of hydrogen-bond donors (Lipinski definition) is 0. The highest BCUT2D eigenvalue weighted by molar-refractivity contribution is 7.13. The molecule has 0 saturated carbocycles. The molecule has 1 atom stereocenters. The quantitative estimate of drug-likeness (QED) is 0.529. The second-order valence-electron chi connectivity index (χ2n) is 4.70. The lowest BCUT2D eigenvalue weighted by molar-refractivity contribution is -0.389. The van der Waals surface area contributed by atoms with Crippen molar-refractivity contribution in [1.29, 1.82) is 0 Å². The van der Waals surface area contributed by atoms with Gasteiger partial charge in [0.15, 0.2) is 6.04 Å². The van der Waals surface area contributed by atoms with E-state index in [4.69, 9.17) is 4.52 Å². The molecule has 0 aliphatic rings.